The number of nitrogens with one attached hydrogen (secondary N) is 1. The molecule has 2 aromatic rings. The van der Waals surface area contributed by atoms with Crippen LogP contribution >= 0.6 is 0 Å². The van der Waals surface area contributed by atoms with Crippen LogP contribution in [0.1, 0.15) is 68.6 Å². The van der Waals surface area contributed by atoms with Crippen molar-refractivity contribution in [2.75, 3.05) is 47.5 Å². The number of rotatable bonds is 17. The van der Waals surface area contributed by atoms with Gasteiger partial charge in [-0.2, -0.15) is 0 Å². The first-order valence-electron chi connectivity index (χ1n) is 14.0. The second-order valence-corrected chi connectivity index (χ2v) is 9.99. The topological polar surface area (TPSA) is 43.0 Å². The average Bonchev–Trinajstić information content (AvgIpc) is 2.92. The Bertz CT molecular complexity index is 884. The molecule has 0 spiro atoms. The minimum Gasteiger partial charge on any atom is -0.497 e. The summed E-state index contributed by atoms with van der Waals surface area (Å²) in [6.07, 6.45) is 12.1. The van der Waals surface area contributed by atoms with Crippen LogP contribution in [0.3, 0.4) is 0 Å². The van der Waals surface area contributed by atoms with Crippen LogP contribution in [0.5, 0.6) is 17.2 Å². The summed E-state index contributed by atoms with van der Waals surface area (Å²) in [7, 11) is 5.19. The molecule has 0 bridgehead atoms. The fraction of sp³-hybridized carbons (Fsp3) is 0.613. The van der Waals surface area contributed by atoms with Crippen molar-refractivity contribution in [2.45, 2.75) is 77.2 Å². The molecule has 200 valence electrons. The van der Waals surface area contributed by atoms with Gasteiger partial charge in [-0.3, -0.25) is 0 Å². The molecule has 0 radical (unpaired) electrons. The van der Waals surface area contributed by atoms with Crippen LogP contribution in [-0.2, 0) is 19.3 Å². The summed E-state index contributed by atoms with van der Waals surface area (Å²) in [4.78, 5) is 2.75. The number of unbranched alkanes of at least 4 members (excludes halogenated alkanes) is 3. The summed E-state index contributed by atoms with van der Waals surface area (Å²) >= 11 is 0. The highest BCUT2D eigenvalue weighted by Crippen LogP contribution is 2.38. The van der Waals surface area contributed by atoms with Crippen LogP contribution in [-0.4, -0.2) is 58.5 Å². The quantitative estimate of drug-likeness (QED) is 0.270. The largest absolute Gasteiger partial charge is 0.497 e. The number of fused-ring (bicyclic) bond motifs is 1. The number of hydrogen-bond acceptors (Lipinski definition) is 5. The lowest BCUT2D eigenvalue weighted by Crippen LogP contribution is -2.40. The average molecular weight is 497 g/mol. The van der Waals surface area contributed by atoms with Gasteiger partial charge in [0, 0.05) is 11.6 Å². The molecule has 3 rings (SSSR count). The monoisotopic (exact) mass is 496 g/mol. The van der Waals surface area contributed by atoms with Gasteiger partial charge in [0.1, 0.15) is 5.75 Å². The molecule has 5 heteroatoms. The van der Waals surface area contributed by atoms with E-state index in [0.29, 0.717) is 6.04 Å². The molecule has 36 heavy (non-hydrogen) atoms. The fourth-order valence-corrected chi connectivity index (χ4v) is 5.49. The van der Waals surface area contributed by atoms with E-state index in [2.05, 4.69) is 41.4 Å². The predicted octanol–water partition coefficient (Wildman–Crippen LogP) is 6.06. The predicted molar refractivity (Wildman–Crippen MR) is 150 cm³/mol. The molecule has 0 heterocycles. The van der Waals surface area contributed by atoms with E-state index in [-0.39, 0.29) is 0 Å². The third kappa shape index (κ3) is 8.41. The van der Waals surface area contributed by atoms with Crippen LogP contribution in [0.2, 0.25) is 0 Å². The second kappa shape index (κ2) is 15.8. The lowest BCUT2D eigenvalue weighted by molar-refractivity contribution is 0.175. The molecule has 1 N–H and O–H groups in total. The SMILES string of the molecule is CCCN(CCCCCCNCCCc1ccc(OC)cc1)[C@H]1CCc2c(ccc(OC)c2OC)C1. The van der Waals surface area contributed by atoms with Gasteiger partial charge in [0.05, 0.1) is 21.3 Å². The number of methoxy groups -OCH3 is 3. The van der Waals surface area contributed by atoms with Crippen LogP contribution in [0.4, 0.5) is 0 Å². The Hall–Kier alpha value is -2.24. The Morgan fingerprint density at radius 2 is 1.61 bits per heavy atom. The molecule has 0 saturated heterocycles. The van der Waals surface area contributed by atoms with E-state index in [1.165, 1.54) is 74.7 Å². The van der Waals surface area contributed by atoms with Crippen molar-refractivity contribution in [3.05, 3.63) is 53.1 Å². The molecule has 0 unspecified atom stereocenters. The van der Waals surface area contributed by atoms with Crippen LogP contribution in [0, 0.1) is 0 Å². The van der Waals surface area contributed by atoms with Crippen LogP contribution < -0.4 is 19.5 Å². The number of hydrogen-bond donors (Lipinski definition) is 1. The molecule has 2 aromatic carbocycles. The summed E-state index contributed by atoms with van der Waals surface area (Å²) in [6, 6.07) is 13.4. The summed E-state index contributed by atoms with van der Waals surface area (Å²) in [5, 5.41) is 3.62. The maximum atomic E-state index is 5.69. The Labute approximate surface area is 219 Å². The maximum absolute atomic E-state index is 5.69. The minimum atomic E-state index is 0.642. The van der Waals surface area contributed by atoms with E-state index in [4.69, 9.17) is 14.2 Å². The Balaban J connectivity index is 1.30. The third-order valence-corrected chi connectivity index (χ3v) is 7.48. The molecule has 5 nitrogen and oxygen atoms in total. The van der Waals surface area contributed by atoms with Crippen molar-refractivity contribution >= 4 is 0 Å². The first-order valence-corrected chi connectivity index (χ1v) is 14.0. The molecule has 0 fully saturated rings. The summed E-state index contributed by atoms with van der Waals surface area (Å²) in [5.41, 5.74) is 4.17. The number of aryl methyl sites for hydroxylation is 1. The number of benzene rings is 2. The van der Waals surface area contributed by atoms with E-state index >= 15 is 0 Å². The lowest BCUT2D eigenvalue weighted by atomic mass is 9.86. The molecular weight excluding hydrogens is 448 g/mol. The van der Waals surface area contributed by atoms with E-state index in [1.807, 2.05) is 12.1 Å². The van der Waals surface area contributed by atoms with Crippen LogP contribution in [0.25, 0.3) is 0 Å². The highest BCUT2D eigenvalue weighted by Gasteiger charge is 2.27. The van der Waals surface area contributed by atoms with Crippen molar-refractivity contribution < 1.29 is 14.2 Å². The molecule has 1 atom stereocenters. The molecule has 0 aromatic heterocycles. The fourth-order valence-electron chi connectivity index (χ4n) is 5.49. The standard InChI is InChI=1S/C31H48N2O3/c1-5-22-33(27-15-18-29-26(24-27)14-19-30(35-3)31(29)36-4)23-9-7-6-8-20-32-21-10-11-25-12-16-28(34-2)17-13-25/h12-14,16-17,19,27,32H,5-11,15,18,20-24H2,1-4H3/t27-/m0/s1. The zero-order valence-electron chi connectivity index (χ0n) is 23.1. The van der Waals surface area contributed by atoms with Crippen LogP contribution in [0.15, 0.2) is 36.4 Å². The van der Waals surface area contributed by atoms with Gasteiger partial charge in [0.25, 0.3) is 0 Å². The van der Waals surface area contributed by atoms with E-state index in [9.17, 15) is 0 Å². The van der Waals surface area contributed by atoms with E-state index in [0.717, 1.165) is 49.6 Å². The molecule has 1 aliphatic rings. The van der Waals surface area contributed by atoms with Crippen molar-refractivity contribution in [2.24, 2.45) is 0 Å². The zero-order valence-corrected chi connectivity index (χ0v) is 23.1. The smallest absolute Gasteiger partial charge is 0.164 e. The van der Waals surface area contributed by atoms with Gasteiger partial charge < -0.3 is 24.4 Å². The highest BCUT2D eigenvalue weighted by atomic mass is 16.5. The van der Waals surface area contributed by atoms with Crippen molar-refractivity contribution in [3.8, 4) is 17.2 Å². The Morgan fingerprint density at radius 3 is 2.33 bits per heavy atom. The molecule has 1 aliphatic carbocycles. The maximum Gasteiger partial charge on any atom is 0.164 e. The van der Waals surface area contributed by atoms with E-state index < -0.39 is 0 Å². The first-order chi connectivity index (χ1) is 17.7. The molecule has 0 amide bonds. The first kappa shape index (κ1) is 28.3. The van der Waals surface area contributed by atoms with Gasteiger partial charge >= 0.3 is 0 Å². The van der Waals surface area contributed by atoms with Gasteiger partial charge in [-0.25, -0.2) is 0 Å². The normalized spacial score (nSPS) is 15.1. The zero-order chi connectivity index (χ0) is 25.6. The van der Waals surface area contributed by atoms with Gasteiger partial charge in [-0.1, -0.05) is 38.0 Å². The van der Waals surface area contributed by atoms with Crippen molar-refractivity contribution in [1.82, 2.24) is 10.2 Å². The molecular formula is C31H48N2O3. The third-order valence-electron chi connectivity index (χ3n) is 7.48. The second-order valence-electron chi connectivity index (χ2n) is 9.99. The number of nitrogens with zero attached hydrogens (tertiary/aromatic N) is 1. The summed E-state index contributed by atoms with van der Waals surface area (Å²) in [5.74, 6) is 2.72. The molecule has 0 aliphatic heterocycles. The van der Waals surface area contributed by atoms with Gasteiger partial charge in [0.2, 0.25) is 0 Å². The van der Waals surface area contributed by atoms with E-state index in [1.54, 1.807) is 21.3 Å². The molecule has 0 saturated carbocycles. The number of ether oxygens (including phenoxy) is 3. The van der Waals surface area contributed by atoms with Gasteiger partial charge in [-0.05, 0) is 107 Å². The van der Waals surface area contributed by atoms with Gasteiger partial charge in [-0.15, -0.1) is 0 Å². The van der Waals surface area contributed by atoms with Gasteiger partial charge in [0.15, 0.2) is 11.5 Å². The Kier molecular flexibility index (Phi) is 12.4. The van der Waals surface area contributed by atoms with Crippen molar-refractivity contribution in [3.63, 3.8) is 0 Å². The summed E-state index contributed by atoms with van der Waals surface area (Å²) < 4.78 is 16.4. The summed E-state index contributed by atoms with van der Waals surface area (Å²) in [6.45, 7) is 6.94. The van der Waals surface area contributed by atoms with Crippen molar-refractivity contribution in [1.29, 1.82) is 0 Å². The lowest BCUT2D eigenvalue weighted by Gasteiger charge is -2.36. The highest BCUT2D eigenvalue weighted by molar-refractivity contribution is 5.52. The Morgan fingerprint density at radius 1 is 0.833 bits per heavy atom. The minimum absolute atomic E-state index is 0.642.